The summed E-state index contributed by atoms with van der Waals surface area (Å²) < 4.78 is 5.32. The van der Waals surface area contributed by atoms with Crippen LogP contribution < -0.4 is 15.4 Å². The van der Waals surface area contributed by atoms with Gasteiger partial charge < -0.3 is 15.4 Å². The smallest absolute Gasteiger partial charge is 0.254 e. The largest absolute Gasteiger partial charge is 0.496 e. The van der Waals surface area contributed by atoms with Gasteiger partial charge in [0.2, 0.25) is 5.95 Å². The fraction of sp³-hybridized carbons (Fsp3) is 0.190. The molecule has 2 N–H and O–H groups in total. The quantitative estimate of drug-likeness (QED) is 0.627. The molecule has 0 radical (unpaired) electrons. The van der Waals surface area contributed by atoms with Crippen LogP contribution in [0, 0.1) is 6.92 Å². The van der Waals surface area contributed by atoms with E-state index in [9.17, 15) is 4.79 Å². The minimum Gasteiger partial charge on any atom is -0.496 e. The summed E-state index contributed by atoms with van der Waals surface area (Å²) in [6, 6.07) is 13.3. The summed E-state index contributed by atoms with van der Waals surface area (Å²) in [4.78, 5) is 20.7. The van der Waals surface area contributed by atoms with Crippen molar-refractivity contribution in [3.63, 3.8) is 0 Å². The molecule has 0 atom stereocenters. The molecule has 3 aromatic rings. The Morgan fingerprint density at radius 2 is 1.89 bits per heavy atom. The van der Waals surface area contributed by atoms with E-state index in [1.165, 1.54) is 12.4 Å². The van der Waals surface area contributed by atoms with Gasteiger partial charge in [0.1, 0.15) is 5.75 Å². The van der Waals surface area contributed by atoms with Crippen molar-refractivity contribution in [2.24, 2.45) is 0 Å². The SMILES string of the molecule is COc1ccccc1CCNC(=O)c1cnc(Nc2cc(Cl)ccc2C)nc1. The Hall–Kier alpha value is -3.12. The summed E-state index contributed by atoms with van der Waals surface area (Å²) in [5.41, 5.74) is 3.28. The fourth-order valence-electron chi connectivity index (χ4n) is 2.68. The molecule has 1 amide bonds. The zero-order valence-corrected chi connectivity index (χ0v) is 16.5. The van der Waals surface area contributed by atoms with Crippen molar-refractivity contribution in [1.29, 1.82) is 0 Å². The maximum atomic E-state index is 12.3. The Morgan fingerprint density at radius 1 is 1.14 bits per heavy atom. The molecule has 2 aromatic carbocycles. The molecule has 1 heterocycles. The highest BCUT2D eigenvalue weighted by Crippen LogP contribution is 2.22. The lowest BCUT2D eigenvalue weighted by Crippen LogP contribution is -2.26. The minimum absolute atomic E-state index is 0.222. The van der Waals surface area contributed by atoms with Crippen LogP contribution in [0.3, 0.4) is 0 Å². The highest BCUT2D eigenvalue weighted by Gasteiger charge is 2.09. The van der Waals surface area contributed by atoms with E-state index in [-0.39, 0.29) is 5.91 Å². The van der Waals surface area contributed by atoms with Crippen molar-refractivity contribution in [3.05, 3.63) is 76.6 Å². The molecule has 0 bridgehead atoms. The van der Waals surface area contributed by atoms with E-state index < -0.39 is 0 Å². The monoisotopic (exact) mass is 396 g/mol. The van der Waals surface area contributed by atoms with Crippen molar-refractivity contribution in [2.45, 2.75) is 13.3 Å². The summed E-state index contributed by atoms with van der Waals surface area (Å²) in [6.07, 6.45) is 3.66. The van der Waals surface area contributed by atoms with Gasteiger partial charge in [-0.1, -0.05) is 35.9 Å². The van der Waals surface area contributed by atoms with E-state index in [2.05, 4.69) is 20.6 Å². The third-order valence-corrected chi connectivity index (χ3v) is 4.47. The van der Waals surface area contributed by atoms with E-state index in [1.54, 1.807) is 13.2 Å². The first-order valence-corrected chi connectivity index (χ1v) is 9.20. The molecule has 1 aromatic heterocycles. The first-order valence-electron chi connectivity index (χ1n) is 8.82. The minimum atomic E-state index is -0.222. The van der Waals surface area contributed by atoms with Crippen LogP contribution in [0.25, 0.3) is 0 Å². The van der Waals surface area contributed by atoms with Crippen molar-refractivity contribution in [3.8, 4) is 5.75 Å². The summed E-state index contributed by atoms with van der Waals surface area (Å²) in [5.74, 6) is 0.989. The van der Waals surface area contributed by atoms with Crippen molar-refractivity contribution < 1.29 is 9.53 Å². The van der Waals surface area contributed by atoms with E-state index in [0.29, 0.717) is 29.5 Å². The number of ether oxygens (including phenoxy) is 1. The van der Waals surface area contributed by atoms with Gasteiger partial charge in [-0.2, -0.15) is 0 Å². The van der Waals surface area contributed by atoms with Crippen LogP contribution in [-0.4, -0.2) is 29.5 Å². The molecule has 0 aliphatic rings. The molecule has 28 heavy (non-hydrogen) atoms. The van der Waals surface area contributed by atoms with Crippen LogP contribution in [0.4, 0.5) is 11.6 Å². The molecule has 0 unspecified atom stereocenters. The number of aromatic nitrogens is 2. The Bertz CT molecular complexity index is 961. The number of halogens is 1. The van der Waals surface area contributed by atoms with Crippen LogP contribution in [0.2, 0.25) is 5.02 Å². The van der Waals surface area contributed by atoms with Gasteiger partial charge in [-0.3, -0.25) is 4.79 Å². The molecule has 3 rings (SSSR count). The Balaban J connectivity index is 1.57. The van der Waals surface area contributed by atoms with Crippen LogP contribution >= 0.6 is 11.6 Å². The molecule has 0 saturated carbocycles. The Kier molecular flexibility index (Phi) is 6.45. The first-order chi connectivity index (χ1) is 13.6. The third kappa shape index (κ3) is 4.98. The van der Waals surface area contributed by atoms with Crippen molar-refractivity contribution in [2.75, 3.05) is 19.0 Å². The first kappa shape index (κ1) is 19.6. The molecular weight excluding hydrogens is 376 g/mol. The van der Waals surface area contributed by atoms with Crippen LogP contribution in [0.1, 0.15) is 21.5 Å². The van der Waals surface area contributed by atoms with Crippen molar-refractivity contribution >= 4 is 29.1 Å². The molecule has 7 heteroatoms. The van der Waals surface area contributed by atoms with Crippen LogP contribution in [-0.2, 0) is 6.42 Å². The van der Waals surface area contributed by atoms with Gasteiger partial charge in [0.15, 0.2) is 0 Å². The average Bonchev–Trinajstić information content (AvgIpc) is 2.71. The molecule has 0 spiro atoms. The van der Waals surface area contributed by atoms with Gasteiger partial charge in [0.05, 0.1) is 12.7 Å². The van der Waals surface area contributed by atoms with Crippen LogP contribution in [0.5, 0.6) is 5.75 Å². The molecular formula is C21H21ClN4O2. The molecule has 144 valence electrons. The zero-order valence-electron chi connectivity index (χ0n) is 15.7. The molecule has 0 aliphatic carbocycles. The second-order valence-electron chi connectivity index (χ2n) is 6.20. The van der Waals surface area contributed by atoms with Gasteiger partial charge in [-0.05, 0) is 42.7 Å². The highest BCUT2D eigenvalue weighted by molar-refractivity contribution is 6.30. The van der Waals surface area contributed by atoms with Gasteiger partial charge >= 0.3 is 0 Å². The second kappa shape index (κ2) is 9.19. The number of nitrogens with one attached hydrogen (secondary N) is 2. The summed E-state index contributed by atoms with van der Waals surface area (Å²) in [7, 11) is 1.63. The predicted octanol–water partition coefficient (Wildman–Crippen LogP) is 4.16. The molecule has 0 fully saturated rings. The lowest BCUT2D eigenvalue weighted by atomic mass is 10.1. The Labute approximate surface area is 168 Å². The second-order valence-corrected chi connectivity index (χ2v) is 6.63. The molecule has 0 aliphatic heterocycles. The van der Waals surface area contributed by atoms with E-state index in [4.69, 9.17) is 16.3 Å². The number of benzene rings is 2. The number of methoxy groups -OCH3 is 1. The fourth-order valence-corrected chi connectivity index (χ4v) is 2.85. The normalized spacial score (nSPS) is 10.4. The predicted molar refractivity (Wildman–Crippen MR) is 111 cm³/mol. The number of amides is 1. The van der Waals surface area contributed by atoms with E-state index >= 15 is 0 Å². The maximum Gasteiger partial charge on any atom is 0.254 e. The number of nitrogens with zero attached hydrogens (tertiary/aromatic N) is 2. The number of carbonyl (C=O) groups is 1. The topological polar surface area (TPSA) is 76.1 Å². The number of rotatable bonds is 7. The Morgan fingerprint density at radius 3 is 2.64 bits per heavy atom. The summed E-state index contributed by atoms with van der Waals surface area (Å²) in [6.45, 7) is 2.45. The standard InChI is InChI=1S/C21H21ClN4O2/c1-14-7-8-17(22)11-18(14)26-21-24-12-16(13-25-21)20(27)23-10-9-15-5-3-4-6-19(15)28-2/h3-8,11-13H,9-10H2,1-2H3,(H,23,27)(H,24,25,26). The lowest BCUT2D eigenvalue weighted by molar-refractivity contribution is 0.0953. The van der Waals surface area contributed by atoms with Gasteiger partial charge in [-0.15, -0.1) is 0 Å². The third-order valence-electron chi connectivity index (χ3n) is 4.23. The number of anilines is 2. The average molecular weight is 397 g/mol. The summed E-state index contributed by atoms with van der Waals surface area (Å²) in [5, 5.41) is 6.60. The van der Waals surface area contributed by atoms with Gasteiger partial charge in [0.25, 0.3) is 5.91 Å². The molecule has 6 nitrogen and oxygen atoms in total. The van der Waals surface area contributed by atoms with Crippen LogP contribution in [0.15, 0.2) is 54.9 Å². The highest BCUT2D eigenvalue weighted by atomic mass is 35.5. The van der Waals surface area contributed by atoms with Gasteiger partial charge in [-0.25, -0.2) is 9.97 Å². The van der Waals surface area contributed by atoms with E-state index in [1.807, 2.05) is 43.3 Å². The number of hydrogen-bond donors (Lipinski definition) is 2. The van der Waals surface area contributed by atoms with Crippen molar-refractivity contribution in [1.82, 2.24) is 15.3 Å². The number of aryl methyl sites for hydroxylation is 1. The molecule has 0 saturated heterocycles. The van der Waals surface area contributed by atoms with E-state index in [0.717, 1.165) is 22.6 Å². The van der Waals surface area contributed by atoms with Gasteiger partial charge in [0, 0.05) is 29.6 Å². The number of para-hydroxylation sites is 1. The maximum absolute atomic E-state index is 12.3. The number of hydrogen-bond acceptors (Lipinski definition) is 5. The lowest BCUT2D eigenvalue weighted by Gasteiger charge is -2.10. The number of carbonyl (C=O) groups excluding carboxylic acids is 1. The summed E-state index contributed by atoms with van der Waals surface area (Å²) >= 11 is 6.02. The zero-order chi connectivity index (χ0) is 19.9.